The van der Waals surface area contributed by atoms with E-state index in [1.165, 1.54) is 12.8 Å². The highest BCUT2D eigenvalue weighted by Crippen LogP contribution is 2.39. The van der Waals surface area contributed by atoms with Crippen LogP contribution in [0.15, 0.2) is 53.7 Å². The molecule has 0 aliphatic heterocycles. The fourth-order valence-corrected chi connectivity index (χ4v) is 3.72. The lowest BCUT2D eigenvalue weighted by molar-refractivity contribution is 0.776. The van der Waals surface area contributed by atoms with E-state index in [2.05, 4.69) is 48.2 Å². The Morgan fingerprint density at radius 2 is 2.17 bits per heavy atom. The van der Waals surface area contributed by atoms with Crippen LogP contribution >= 0.6 is 23.5 Å². The summed E-state index contributed by atoms with van der Waals surface area (Å²) in [4.78, 5) is 10.1. The maximum absolute atomic E-state index is 6.32. The summed E-state index contributed by atoms with van der Waals surface area (Å²) in [7, 11) is 0. The average Bonchev–Trinajstić information content (AvgIpc) is 3.48. The number of halogens is 1. The summed E-state index contributed by atoms with van der Waals surface area (Å²) in [6.07, 6.45) is 4.04. The lowest BCUT2D eigenvalue weighted by atomic mass is 10.2. The summed E-state index contributed by atoms with van der Waals surface area (Å²) >= 11 is 7.89. The van der Waals surface area contributed by atoms with E-state index in [0.717, 1.165) is 34.9 Å². The molecule has 2 heterocycles. The van der Waals surface area contributed by atoms with Crippen LogP contribution in [0.5, 0.6) is 0 Å². The lowest BCUT2D eigenvalue weighted by Crippen LogP contribution is -2.21. The zero-order valence-electron chi connectivity index (χ0n) is 16.7. The van der Waals surface area contributed by atoms with Gasteiger partial charge in [-0.2, -0.15) is 5.10 Å². The van der Waals surface area contributed by atoms with E-state index in [-0.39, 0.29) is 0 Å². The third-order valence-corrected chi connectivity index (χ3v) is 5.66. The molecule has 0 saturated heterocycles. The van der Waals surface area contributed by atoms with Crippen LogP contribution in [0, 0.1) is 0 Å². The van der Waals surface area contributed by atoms with Crippen molar-refractivity contribution < 1.29 is 0 Å². The van der Waals surface area contributed by atoms with Crippen molar-refractivity contribution in [2.75, 3.05) is 18.4 Å². The van der Waals surface area contributed by atoms with Gasteiger partial charge in [-0.15, -0.1) is 0 Å². The number of aromatic amines is 1. The molecular formula is C21H24ClN7S. The summed E-state index contributed by atoms with van der Waals surface area (Å²) in [5.74, 6) is 2.46. The molecule has 3 aromatic rings. The molecule has 1 aliphatic carbocycles. The molecule has 4 rings (SSSR count). The quantitative estimate of drug-likeness (QED) is 0.264. The van der Waals surface area contributed by atoms with Gasteiger partial charge < -0.3 is 10.6 Å². The standard InChI is InChI=1S/C21H24ClN7S/c1-13(2)23-8-9-25-30-16-5-3-4-15(10-16)20-24-12-17(22)21(27-20)26-19-11-18(28-29-19)14-6-7-14/h3-5,10-12,14,23,25H,1,6-9H2,2H3,(H2,24,26,27,28,29). The molecule has 9 heteroatoms. The van der Waals surface area contributed by atoms with E-state index in [1.807, 2.05) is 31.2 Å². The van der Waals surface area contributed by atoms with Gasteiger partial charge in [0, 0.05) is 46.9 Å². The Labute approximate surface area is 185 Å². The number of benzene rings is 1. The third kappa shape index (κ3) is 5.53. The van der Waals surface area contributed by atoms with Crippen molar-refractivity contribution in [3.05, 3.63) is 59.5 Å². The van der Waals surface area contributed by atoms with Gasteiger partial charge in [0.15, 0.2) is 17.5 Å². The highest BCUT2D eigenvalue weighted by atomic mass is 35.5. The smallest absolute Gasteiger partial charge is 0.161 e. The molecule has 30 heavy (non-hydrogen) atoms. The number of rotatable bonds is 10. The number of nitrogens with zero attached hydrogens (tertiary/aromatic N) is 3. The van der Waals surface area contributed by atoms with Crippen molar-refractivity contribution in [1.82, 2.24) is 30.2 Å². The predicted octanol–water partition coefficient (Wildman–Crippen LogP) is 4.86. The first kappa shape index (κ1) is 20.7. The Balaban J connectivity index is 1.43. The number of anilines is 2. The molecule has 1 aliphatic rings. The van der Waals surface area contributed by atoms with Crippen molar-refractivity contribution in [1.29, 1.82) is 0 Å². The maximum Gasteiger partial charge on any atom is 0.161 e. The molecule has 7 nitrogen and oxygen atoms in total. The predicted molar refractivity (Wildman–Crippen MR) is 123 cm³/mol. The summed E-state index contributed by atoms with van der Waals surface area (Å²) in [5.41, 5.74) is 3.03. The number of aromatic nitrogens is 4. The third-order valence-electron chi connectivity index (χ3n) is 4.54. The topological polar surface area (TPSA) is 90.6 Å². The Kier molecular flexibility index (Phi) is 6.56. The number of allylic oxidation sites excluding steroid dienone is 1. The molecule has 0 spiro atoms. The summed E-state index contributed by atoms with van der Waals surface area (Å²) in [5, 5.41) is 14.2. The molecule has 0 bridgehead atoms. The lowest BCUT2D eigenvalue weighted by Gasteiger charge is -2.09. The minimum absolute atomic E-state index is 0.451. The van der Waals surface area contributed by atoms with Crippen molar-refractivity contribution >= 4 is 35.2 Å². The van der Waals surface area contributed by atoms with Crippen LogP contribution in [-0.2, 0) is 0 Å². The Bertz CT molecular complexity index is 1030. The second-order valence-electron chi connectivity index (χ2n) is 7.23. The van der Waals surface area contributed by atoms with Crippen molar-refractivity contribution in [3.63, 3.8) is 0 Å². The van der Waals surface area contributed by atoms with Gasteiger partial charge >= 0.3 is 0 Å². The number of nitrogens with one attached hydrogen (secondary N) is 4. The fraction of sp³-hybridized carbons (Fsp3) is 0.286. The minimum Gasteiger partial charge on any atom is -0.388 e. The SMILES string of the molecule is C=C(C)NCCNSc1cccc(-c2ncc(Cl)c(Nc3cc(C4CC4)[nH]n3)n2)c1. The molecule has 0 atom stereocenters. The molecule has 1 aromatic carbocycles. The highest BCUT2D eigenvalue weighted by Gasteiger charge is 2.25. The summed E-state index contributed by atoms with van der Waals surface area (Å²) in [6.45, 7) is 7.42. The van der Waals surface area contributed by atoms with E-state index in [9.17, 15) is 0 Å². The van der Waals surface area contributed by atoms with Gasteiger partial charge in [-0.3, -0.25) is 9.82 Å². The monoisotopic (exact) mass is 441 g/mol. The van der Waals surface area contributed by atoms with Gasteiger partial charge in [0.2, 0.25) is 0 Å². The van der Waals surface area contributed by atoms with E-state index in [0.29, 0.717) is 28.4 Å². The van der Waals surface area contributed by atoms with Gasteiger partial charge in [0.1, 0.15) is 5.02 Å². The molecular weight excluding hydrogens is 418 g/mol. The maximum atomic E-state index is 6.32. The minimum atomic E-state index is 0.451. The van der Waals surface area contributed by atoms with Crippen LogP contribution in [0.25, 0.3) is 11.4 Å². The summed E-state index contributed by atoms with van der Waals surface area (Å²) < 4.78 is 3.33. The largest absolute Gasteiger partial charge is 0.388 e. The van der Waals surface area contributed by atoms with Crippen LogP contribution < -0.4 is 15.4 Å². The van der Waals surface area contributed by atoms with Crippen LogP contribution in [0.1, 0.15) is 31.4 Å². The van der Waals surface area contributed by atoms with Crippen LogP contribution in [0.2, 0.25) is 5.02 Å². The number of H-pyrrole nitrogens is 1. The van der Waals surface area contributed by atoms with Crippen molar-refractivity contribution in [2.45, 2.75) is 30.6 Å². The second-order valence-corrected chi connectivity index (χ2v) is 8.60. The van der Waals surface area contributed by atoms with E-state index >= 15 is 0 Å². The molecule has 156 valence electrons. The second kappa shape index (κ2) is 9.51. The van der Waals surface area contributed by atoms with Gasteiger partial charge in [-0.1, -0.05) is 30.3 Å². The Morgan fingerprint density at radius 1 is 1.30 bits per heavy atom. The van der Waals surface area contributed by atoms with Crippen LogP contribution in [0.4, 0.5) is 11.6 Å². The molecule has 0 unspecified atom stereocenters. The molecule has 2 aromatic heterocycles. The van der Waals surface area contributed by atoms with E-state index in [4.69, 9.17) is 11.6 Å². The molecule has 4 N–H and O–H groups in total. The van der Waals surface area contributed by atoms with Gasteiger partial charge in [-0.05, 0) is 43.8 Å². The zero-order chi connectivity index (χ0) is 20.9. The fourth-order valence-electron chi connectivity index (χ4n) is 2.88. The molecule has 0 amide bonds. The molecule has 1 saturated carbocycles. The van der Waals surface area contributed by atoms with Crippen LogP contribution in [-0.4, -0.2) is 33.3 Å². The van der Waals surface area contributed by atoms with Gasteiger partial charge in [-0.25, -0.2) is 9.97 Å². The van der Waals surface area contributed by atoms with E-state index in [1.54, 1.807) is 18.1 Å². The first-order chi connectivity index (χ1) is 14.6. The highest BCUT2D eigenvalue weighted by molar-refractivity contribution is 7.97. The molecule has 0 radical (unpaired) electrons. The number of hydrogen-bond acceptors (Lipinski definition) is 7. The van der Waals surface area contributed by atoms with E-state index < -0.39 is 0 Å². The Morgan fingerprint density at radius 3 is 2.97 bits per heavy atom. The van der Waals surface area contributed by atoms with Gasteiger partial charge in [0.25, 0.3) is 0 Å². The average molecular weight is 442 g/mol. The normalized spacial score (nSPS) is 13.3. The summed E-state index contributed by atoms with van der Waals surface area (Å²) in [6, 6.07) is 10.1. The van der Waals surface area contributed by atoms with Gasteiger partial charge in [0.05, 0.1) is 6.20 Å². The van der Waals surface area contributed by atoms with Crippen molar-refractivity contribution in [2.24, 2.45) is 0 Å². The van der Waals surface area contributed by atoms with Crippen molar-refractivity contribution in [3.8, 4) is 11.4 Å². The number of hydrogen-bond donors (Lipinski definition) is 4. The first-order valence-corrected chi connectivity index (χ1v) is 11.0. The van der Waals surface area contributed by atoms with Crippen LogP contribution in [0.3, 0.4) is 0 Å². The Hall–Kier alpha value is -2.55. The molecule has 1 fully saturated rings. The zero-order valence-corrected chi connectivity index (χ0v) is 18.3. The first-order valence-electron chi connectivity index (χ1n) is 9.83.